The van der Waals surface area contributed by atoms with Crippen LogP contribution in [0, 0.1) is 5.92 Å². The van der Waals surface area contributed by atoms with E-state index in [2.05, 4.69) is 15.6 Å². The van der Waals surface area contributed by atoms with E-state index in [0.717, 1.165) is 25.7 Å². The van der Waals surface area contributed by atoms with E-state index in [1.54, 1.807) is 6.20 Å². The Morgan fingerprint density at radius 1 is 1.35 bits per heavy atom. The molecule has 0 saturated heterocycles. The summed E-state index contributed by atoms with van der Waals surface area (Å²) in [5, 5.41) is 10.6. The Kier molecular flexibility index (Phi) is 4.67. The smallest absolute Gasteiger partial charge is 0.242 e. The SMILES string of the molecule is NCc1cn(CC(=O)NC2CCC(C(N)=O)CC2)nn1. The highest BCUT2D eigenvalue weighted by Crippen LogP contribution is 2.23. The Balaban J connectivity index is 1.76. The molecule has 5 N–H and O–H groups in total. The third-order valence-electron chi connectivity index (χ3n) is 3.60. The second-order valence-electron chi connectivity index (χ2n) is 5.13. The summed E-state index contributed by atoms with van der Waals surface area (Å²) < 4.78 is 1.46. The molecule has 0 aliphatic heterocycles. The van der Waals surface area contributed by atoms with Crippen molar-refractivity contribution in [1.29, 1.82) is 0 Å². The summed E-state index contributed by atoms with van der Waals surface area (Å²) in [5.41, 5.74) is 11.4. The number of nitrogens with one attached hydrogen (secondary N) is 1. The zero-order chi connectivity index (χ0) is 14.5. The van der Waals surface area contributed by atoms with Gasteiger partial charge in [-0.2, -0.15) is 0 Å². The molecule has 1 heterocycles. The fourth-order valence-corrected chi connectivity index (χ4v) is 2.45. The van der Waals surface area contributed by atoms with Crippen molar-refractivity contribution in [2.24, 2.45) is 17.4 Å². The van der Waals surface area contributed by atoms with E-state index in [1.807, 2.05) is 0 Å². The van der Waals surface area contributed by atoms with Crippen LogP contribution in [0.3, 0.4) is 0 Å². The van der Waals surface area contributed by atoms with E-state index in [0.29, 0.717) is 12.2 Å². The summed E-state index contributed by atoms with van der Waals surface area (Å²) in [7, 11) is 0. The third-order valence-corrected chi connectivity index (χ3v) is 3.60. The van der Waals surface area contributed by atoms with Crippen LogP contribution in [0.2, 0.25) is 0 Å². The van der Waals surface area contributed by atoms with E-state index in [4.69, 9.17) is 11.5 Å². The summed E-state index contributed by atoms with van der Waals surface area (Å²) in [6.45, 7) is 0.432. The van der Waals surface area contributed by atoms with Crippen LogP contribution in [0.5, 0.6) is 0 Å². The summed E-state index contributed by atoms with van der Waals surface area (Å²) in [4.78, 5) is 22.9. The van der Waals surface area contributed by atoms with Gasteiger partial charge in [0.2, 0.25) is 11.8 Å². The van der Waals surface area contributed by atoms with Gasteiger partial charge >= 0.3 is 0 Å². The van der Waals surface area contributed by atoms with Crippen molar-refractivity contribution in [3.63, 3.8) is 0 Å². The Hall–Kier alpha value is -1.96. The number of hydrogen-bond acceptors (Lipinski definition) is 5. The first-order valence-corrected chi connectivity index (χ1v) is 6.76. The van der Waals surface area contributed by atoms with Crippen LogP contribution in [0.1, 0.15) is 31.4 Å². The minimum atomic E-state index is -0.244. The molecule has 0 aromatic carbocycles. The molecule has 1 aromatic heterocycles. The van der Waals surface area contributed by atoms with Gasteiger partial charge in [-0.15, -0.1) is 5.10 Å². The zero-order valence-electron chi connectivity index (χ0n) is 11.3. The number of amides is 2. The molecule has 8 nitrogen and oxygen atoms in total. The highest BCUT2D eigenvalue weighted by Gasteiger charge is 2.25. The second-order valence-corrected chi connectivity index (χ2v) is 5.13. The van der Waals surface area contributed by atoms with Gasteiger partial charge < -0.3 is 16.8 Å². The molecule has 0 atom stereocenters. The maximum atomic E-state index is 11.9. The average Bonchev–Trinajstić information content (AvgIpc) is 2.86. The predicted octanol–water partition coefficient (Wildman–Crippen LogP) is -1.10. The maximum Gasteiger partial charge on any atom is 0.242 e. The van der Waals surface area contributed by atoms with Gasteiger partial charge in [0.05, 0.1) is 11.9 Å². The number of primary amides is 1. The van der Waals surface area contributed by atoms with Gasteiger partial charge in [0.25, 0.3) is 0 Å². The lowest BCUT2D eigenvalue weighted by molar-refractivity contribution is -0.123. The Morgan fingerprint density at radius 3 is 2.60 bits per heavy atom. The molecule has 8 heteroatoms. The van der Waals surface area contributed by atoms with E-state index in [9.17, 15) is 9.59 Å². The molecule has 0 bridgehead atoms. The standard InChI is InChI=1S/C12H20N6O2/c13-5-10-6-18(17-16-10)7-11(19)15-9-3-1-8(2-4-9)12(14)20/h6,8-9H,1-5,7,13H2,(H2,14,20)(H,15,19). The average molecular weight is 280 g/mol. The van der Waals surface area contributed by atoms with Crippen LogP contribution in [-0.2, 0) is 22.7 Å². The number of aromatic nitrogens is 3. The second kappa shape index (κ2) is 6.47. The van der Waals surface area contributed by atoms with Crippen molar-refractivity contribution >= 4 is 11.8 Å². The van der Waals surface area contributed by atoms with Gasteiger partial charge in [-0.3, -0.25) is 9.59 Å². The van der Waals surface area contributed by atoms with Crippen LogP contribution < -0.4 is 16.8 Å². The van der Waals surface area contributed by atoms with Gasteiger partial charge in [0.1, 0.15) is 6.54 Å². The minimum absolute atomic E-state index is 0.0504. The molecule has 1 aliphatic carbocycles. The fraction of sp³-hybridized carbons (Fsp3) is 0.667. The van der Waals surface area contributed by atoms with Crippen LogP contribution in [0.25, 0.3) is 0 Å². The highest BCUT2D eigenvalue weighted by atomic mass is 16.2. The first kappa shape index (κ1) is 14.4. The number of rotatable bonds is 5. The fourth-order valence-electron chi connectivity index (χ4n) is 2.45. The van der Waals surface area contributed by atoms with Crippen molar-refractivity contribution in [3.8, 4) is 0 Å². The molecule has 1 saturated carbocycles. The monoisotopic (exact) mass is 280 g/mol. The summed E-state index contributed by atoms with van der Waals surface area (Å²) in [6, 6.07) is 0.107. The van der Waals surface area contributed by atoms with Gasteiger partial charge in [-0.1, -0.05) is 5.21 Å². The minimum Gasteiger partial charge on any atom is -0.369 e. The lowest BCUT2D eigenvalue weighted by Crippen LogP contribution is -2.41. The zero-order valence-corrected chi connectivity index (χ0v) is 11.3. The molecular weight excluding hydrogens is 260 g/mol. The van der Waals surface area contributed by atoms with Gasteiger partial charge in [-0.25, -0.2) is 4.68 Å². The quantitative estimate of drug-likeness (QED) is 0.630. The van der Waals surface area contributed by atoms with E-state index < -0.39 is 0 Å². The number of carbonyl (C=O) groups excluding carboxylic acids is 2. The number of hydrogen-bond donors (Lipinski definition) is 3. The molecule has 1 aromatic rings. The molecular formula is C12H20N6O2. The molecule has 0 unspecified atom stereocenters. The molecule has 0 radical (unpaired) electrons. The molecule has 20 heavy (non-hydrogen) atoms. The number of carbonyl (C=O) groups is 2. The van der Waals surface area contributed by atoms with Crippen LogP contribution in [-0.4, -0.2) is 32.9 Å². The summed E-state index contributed by atoms with van der Waals surface area (Å²) in [5.74, 6) is -0.404. The van der Waals surface area contributed by atoms with Crippen LogP contribution in [0.15, 0.2) is 6.20 Å². The van der Waals surface area contributed by atoms with Gasteiger partial charge in [0.15, 0.2) is 0 Å². The normalized spacial score (nSPS) is 22.4. The molecule has 2 amide bonds. The first-order valence-electron chi connectivity index (χ1n) is 6.76. The Morgan fingerprint density at radius 2 is 2.05 bits per heavy atom. The van der Waals surface area contributed by atoms with Crippen molar-refractivity contribution in [2.45, 2.75) is 44.8 Å². The van der Waals surface area contributed by atoms with Crippen molar-refractivity contribution in [1.82, 2.24) is 20.3 Å². The van der Waals surface area contributed by atoms with Gasteiger partial charge in [0, 0.05) is 18.5 Å². The lowest BCUT2D eigenvalue weighted by Gasteiger charge is -2.27. The molecule has 1 aliphatic rings. The Labute approximate surface area is 116 Å². The van der Waals surface area contributed by atoms with Gasteiger partial charge in [-0.05, 0) is 25.7 Å². The Bertz CT molecular complexity index is 478. The largest absolute Gasteiger partial charge is 0.369 e. The van der Waals surface area contributed by atoms with E-state index in [1.165, 1.54) is 4.68 Å². The number of nitrogens with two attached hydrogens (primary N) is 2. The topological polar surface area (TPSA) is 129 Å². The first-order chi connectivity index (χ1) is 9.58. The van der Waals surface area contributed by atoms with Crippen LogP contribution >= 0.6 is 0 Å². The predicted molar refractivity (Wildman–Crippen MR) is 71.0 cm³/mol. The van der Waals surface area contributed by atoms with E-state index >= 15 is 0 Å². The van der Waals surface area contributed by atoms with Crippen molar-refractivity contribution in [3.05, 3.63) is 11.9 Å². The van der Waals surface area contributed by atoms with Crippen LogP contribution in [0.4, 0.5) is 0 Å². The van der Waals surface area contributed by atoms with E-state index in [-0.39, 0.29) is 30.3 Å². The highest BCUT2D eigenvalue weighted by molar-refractivity contribution is 5.77. The number of nitrogens with zero attached hydrogens (tertiary/aromatic N) is 3. The third kappa shape index (κ3) is 3.77. The lowest BCUT2D eigenvalue weighted by atomic mass is 9.85. The summed E-state index contributed by atoms with van der Waals surface area (Å²) in [6.07, 6.45) is 4.70. The maximum absolute atomic E-state index is 11.9. The van der Waals surface area contributed by atoms with Crippen molar-refractivity contribution < 1.29 is 9.59 Å². The summed E-state index contributed by atoms with van der Waals surface area (Å²) >= 11 is 0. The molecule has 2 rings (SSSR count). The molecule has 110 valence electrons. The molecule has 0 spiro atoms. The van der Waals surface area contributed by atoms with Crippen molar-refractivity contribution in [2.75, 3.05) is 0 Å². The molecule has 1 fully saturated rings.